The Labute approximate surface area is 141 Å². The molecule has 8 heteroatoms. The number of halogens is 2. The molecule has 1 heterocycles. The second-order valence-electron chi connectivity index (χ2n) is 5.99. The van der Waals surface area contributed by atoms with Gasteiger partial charge in [0.05, 0.1) is 11.8 Å². The van der Waals surface area contributed by atoms with Crippen LogP contribution in [0.15, 0.2) is 18.2 Å². The van der Waals surface area contributed by atoms with Crippen molar-refractivity contribution in [2.45, 2.75) is 45.2 Å². The summed E-state index contributed by atoms with van der Waals surface area (Å²) in [4.78, 5) is 12.5. The zero-order valence-corrected chi connectivity index (χ0v) is 14.6. The molecule has 1 amide bonds. The fourth-order valence-corrected chi connectivity index (χ4v) is 4.63. The normalized spacial score (nSPS) is 20.1. The monoisotopic (exact) mass is 360 g/mol. The summed E-state index contributed by atoms with van der Waals surface area (Å²) in [6.07, 6.45) is 1.57. The van der Waals surface area contributed by atoms with E-state index in [1.54, 1.807) is 13.8 Å². The molecule has 1 fully saturated rings. The number of nitrogens with one attached hydrogen (secondary N) is 1. The van der Waals surface area contributed by atoms with Crippen molar-refractivity contribution >= 4 is 15.9 Å². The molecule has 0 bridgehead atoms. The lowest BCUT2D eigenvalue weighted by molar-refractivity contribution is -0.124. The first-order valence-corrected chi connectivity index (χ1v) is 9.62. The minimum atomic E-state index is -3.45. The second-order valence-corrected chi connectivity index (χ2v) is 8.03. The average Bonchev–Trinajstić information content (AvgIpc) is 3.00. The van der Waals surface area contributed by atoms with Crippen molar-refractivity contribution in [3.8, 4) is 0 Å². The first-order valence-electron chi connectivity index (χ1n) is 8.01. The molecule has 2 rings (SSSR count). The predicted octanol–water partition coefficient (Wildman–Crippen LogP) is 2.35. The molecule has 5 nitrogen and oxygen atoms in total. The Bertz CT molecular complexity index is 709. The predicted molar refractivity (Wildman–Crippen MR) is 86.7 cm³/mol. The van der Waals surface area contributed by atoms with Crippen LogP contribution < -0.4 is 5.32 Å². The van der Waals surface area contributed by atoms with Gasteiger partial charge >= 0.3 is 0 Å². The fourth-order valence-electron chi connectivity index (χ4n) is 2.88. The SMILES string of the molecule is CCCS(=O)(=O)N1CCCC1C(=O)NC(C)c1ccc(F)c(F)c1. The first-order chi connectivity index (χ1) is 11.3. The second kappa shape index (κ2) is 7.57. The van der Waals surface area contributed by atoms with Gasteiger partial charge in [-0.3, -0.25) is 4.79 Å². The highest BCUT2D eigenvalue weighted by molar-refractivity contribution is 7.89. The van der Waals surface area contributed by atoms with Crippen LogP contribution in [0.25, 0.3) is 0 Å². The van der Waals surface area contributed by atoms with Crippen LogP contribution in [-0.4, -0.2) is 37.0 Å². The van der Waals surface area contributed by atoms with Crippen LogP contribution in [0.3, 0.4) is 0 Å². The van der Waals surface area contributed by atoms with E-state index in [1.165, 1.54) is 10.4 Å². The Kier molecular flexibility index (Phi) is 5.92. The summed E-state index contributed by atoms with van der Waals surface area (Å²) >= 11 is 0. The van der Waals surface area contributed by atoms with Crippen molar-refractivity contribution in [3.05, 3.63) is 35.4 Å². The molecule has 0 aromatic heterocycles. The number of nitrogens with zero attached hydrogens (tertiary/aromatic N) is 1. The van der Waals surface area contributed by atoms with Crippen molar-refractivity contribution in [3.63, 3.8) is 0 Å². The Hall–Kier alpha value is -1.54. The van der Waals surface area contributed by atoms with E-state index in [0.29, 0.717) is 31.4 Å². The van der Waals surface area contributed by atoms with Gasteiger partial charge in [-0.15, -0.1) is 0 Å². The van der Waals surface area contributed by atoms with Gasteiger partial charge in [0.2, 0.25) is 15.9 Å². The van der Waals surface area contributed by atoms with E-state index in [9.17, 15) is 22.0 Å². The largest absolute Gasteiger partial charge is 0.348 e. The molecule has 134 valence electrons. The number of carbonyl (C=O) groups excluding carboxylic acids is 1. The molecule has 1 saturated heterocycles. The third kappa shape index (κ3) is 4.10. The van der Waals surface area contributed by atoms with Gasteiger partial charge in [0.1, 0.15) is 6.04 Å². The average molecular weight is 360 g/mol. The highest BCUT2D eigenvalue weighted by Crippen LogP contribution is 2.23. The number of amides is 1. The van der Waals surface area contributed by atoms with E-state index in [4.69, 9.17) is 0 Å². The molecule has 2 atom stereocenters. The minimum Gasteiger partial charge on any atom is -0.348 e. The quantitative estimate of drug-likeness (QED) is 0.847. The van der Waals surface area contributed by atoms with Gasteiger partial charge in [-0.05, 0) is 43.9 Å². The maximum absolute atomic E-state index is 13.3. The molecule has 1 N–H and O–H groups in total. The lowest BCUT2D eigenvalue weighted by atomic mass is 10.1. The lowest BCUT2D eigenvalue weighted by Crippen LogP contribution is -2.47. The van der Waals surface area contributed by atoms with Crippen LogP contribution in [0.5, 0.6) is 0 Å². The van der Waals surface area contributed by atoms with E-state index in [-0.39, 0.29) is 5.75 Å². The molecule has 0 radical (unpaired) electrons. The van der Waals surface area contributed by atoms with Gasteiger partial charge in [-0.2, -0.15) is 4.31 Å². The van der Waals surface area contributed by atoms with Gasteiger partial charge in [0, 0.05) is 6.54 Å². The molecular weight excluding hydrogens is 338 g/mol. The number of hydrogen-bond acceptors (Lipinski definition) is 3. The topological polar surface area (TPSA) is 66.5 Å². The number of rotatable bonds is 6. The van der Waals surface area contributed by atoms with Crippen molar-refractivity contribution in [2.24, 2.45) is 0 Å². The maximum atomic E-state index is 13.3. The fraction of sp³-hybridized carbons (Fsp3) is 0.562. The summed E-state index contributed by atoms with van der Waals surface area (Å²) < 4.78 is 52.0. The molecule has 1 aliphatic rings. The Balaban J connectivity index is 2.09. The molecule has 2 unspecified atom stereocenters. The summed E-state index contributed by atoms with van der Waals surface area (Å²) in [7, 11) is -3.45. The van der Waals surface area contributed by atoms with Crippen molar-refractivity contribution in [2.75, 3.05) is 12.3 Å². The molecule has 0 spiro atoms. The number of carbonyl (C=O) groups is 1. The Morgan fingerprint density at radius 2 is 2.08 bits per heavy atom. The molecule has 24 heavy (non-hydrogen) atoms. The Morgan fingerprint density at radius 1 is 1.38 bits per heavy atom. The number of benzene rings is 1. The van der Waals surface area contributed by atoms with Gasteiger partial charge < -0.3 is 5.32 Å². The molecular formula is C16H22F2N2O3S. The summed E-state index contributed by atoms with van der Waals surface area (Å²) in [5.41, 5.74) is 0.420. The van der Waals surface area contributed by atoms with Gasteiger partial charge in [-0.25, -0.2) is 17.2 Å². The highest BCUT2D eigenvalue weighted by Gasteiger charge is 2.38. The summed E-state index contributed by atoms with van der Waals surface area (Å²) in [5.74, 6) is -2.34. The molecule has 0 aliphatic carbocycles. The van der Waals surface area contributed by atoms with Crippen LogP contribution >= 0.6 is 0 Å². The van der Waals surface area contributed by atoms with E-state index in [1.807, 2.05) is 0 Å². The molecule has 1 aromatic rings. The van der Waals surface area contributed by atoms with E-state index >= 15 is 0 Å². The van der Waals surface area contributed by atoms with Gasteiger partial charge in [0.25, 0.3) is 0 Å². The van der Waals surface area contributed by atoms with E-state index < -0.39 is 39.6 Å². The number of hydrogen-bond donors (Lipinski definition) is 1. The van der Waals surface area contributed by atoms with Gasteiger partial charge in [0.15, 0.2) is 11.6 Å². The van der Waals surface area contributed by atoms with Crippen LogP contribution in [0.4, 0.5) is 8.78 Å². The molecule has 1 aromatic carbocycles. The minimum absolute atomic E-state index is 0.00943. The summed E-state index contributed by atoms with van der Waals surface area (Å²) in [6, 6.07) is 2.13. The first kappa shape index (κ1) is 18.8. The lowest BCUT2D eigenvalue weighted by Gasteiger charge is -2.25. The Morgan fingerprint density at radius 3 is 2.71 bits per heavy atom. The van der Waals surface area contributed by atoms with Crippen molar-refractivity contribution in [1.82, 2.24) is 9.62 Å². The molecule has 1 aliphatic heterocycles. The number of sulfonamides is 1. The van der Waals surface area contributed by atoms with Gasteiger partial charge in [-0.1, -0.05) is 13.0 Å². The van der Waals surface area contributed by atoms with Crippen LogP contribution in [0, 0.1) is 11.6 Å². The molecule has 0 saturated carbocycles. The van der Waals surface area contributed by atoms with Crippen LogP contribution in [0.2, 0.25) is 0 Å². The van der Waals surface area contributed by atoms with Crippen molar-refractivity contribution in [1.29, 1.82) is 0 Å². The summed E-state index contributed by atoms with van der Waals surface area (Å²) in [5, 5.41) is 2.69. The van der Waals surface area contributed by atoms with Crippen LogP contribution in [-0.2, 0) is 14.8 Å². The smallest absolute Gasteiger partial charge is 0.238 e. The summed E-state index contributed by atoms with van der Waals surface area (Å²) in [6.45, 7) is 3.75. The highest BCUT2D eigenvalue weighted by atomic mass is 32.2. The van der Waals surface area contributed by atoms with E-state index in [2.05, 4.69) is 5.32 Å². The third-order valence-electron chi connectivity index (χ3n) is 4.13. The standard InChI is InChI=1S/C16H22F2N2O3S/c1-3-9-24(22,23)20-8-4-5-15(20)16(21)19-11(2)12-6-7-13(17)14(18)10-12/h6-7,10-11,15H,3-5,8-9H2,1-2H3,(H,19,21). The van der Waals surface area contributed by atoms with Crippen molar-refractivity contribution < 1.29 is 22.0 Å². The third-order valence-corrected chi connectivity index (χ3v) is 6.20. The zero-order valence-electron chi connectivity index (χ0n) is 13.8. The maximum Gasteiger partial charge on any atom is 0.238 e. The zero-order chi connectivity index (χ0) is 17.9. The van der Waals surface area contributed by atoms with E-state index in [0.717, 1.165) is 12.1 Å². The van der Waals surface area contributed by atoms with Crippen LogP contribution in [0.1, 0.15) is 44.7 Å².